The van der Waals surface area contributed by atoms with Crippen molar-refractivity contribution in [3.63, 3.8) is 0 Å². The van der Waals surface area contributed by atoms with Gasteiger partial charge in [-0.3, -0.25) is 0 Å². The van der Waals surface area contributed by atoms with Gasteiger partial charge in [-0.05, 0) is 43.9 Å². The molecule has 1 aliphatic rings. The largest absolute Gasteiger partial charge is 0.378 e. The molecule has 106 valence electrons. The number of halogens is 2. The van der Waals surface area contributed by atoms with Gasteiger partial charge >= 0.3 is 0 Å². The maximum absolute atomic E-state index is 13.2. The Kier molecular flexibility index (Phi) is 4.88. The fraction of sp³-hybridized carbons (Fsp3) is 0.600. The van der Waals surface area contributed by atoms with E-state index in [1.807, 2.05) is 6.92 Å². The molecule has 0 bridgehead atoms. The third-order valence-electron chi connectivity index (χ3n) is 3.75. The molecule has 1 fully saturated rings. The van der Waals surface area contributed by atoms with Gasteiger partial charge in [-0.15, -0.1) is 0 Å². The van der Waals surface area contributed by atoms with Crippen molar-refractivity contribution in [3.8, 4) is 0 Å². The van der Waals surface area contributed by atoms with Crippen molar-refractivity contribution < 1.29 is 13.5 Å². The van der Waals surface area contributed by atoms with Gasteiger partial charge in [0.25, 0.3) is 0 Å². The second-order valence-electron chi connectivity index (χ2n) is 5.18. The molecule has 0 radical (unpaired) electrons. The first-order valence-corrected chi connectivity index (χ1v) is 6.92. The van der Waals surface area contributed by atoms with Crippen molar-refractivity contribution in [2.75, 3.05) is 6.61 Å². The van der Waals surface area contributed by atoms with Crippen molar-refractivity contribution in [1.29, 1.82) is 0 Å². The predicted molar refractivity (Wildman–Crippen MR) is 71.0 cm³/mol. The van der Waals surface area contributed by atoms with Gasteiger partial charge in [0.2, 0.25) is 0 Å². The van der Waals surface area contributed by atoms with Gasteiger partial charge in [0.1, 0.15) is 0 Å². The van der Waals surface area contributed by atoms with Crippen LogP contribution in [0.25, 0.3) is 0 Å². The Morgan fingerprint density at radius 1 is 1.37 bits per heavy atom. The van der Waals surface area contributed by atoms with Gasteiger partial charge in [0.05, 0.1) is 6.10 Å². The van der Waals surface area contributed by atoms with Crippen LogP contribution >= 0.6 is 0 Å². The zero-order valence-corrected chi connectivity index (χ0v) is 11.5. The van der Waals surface area contributed by atoms with Gasteiger partial charge < -0.3 is 10.1 Å². The Balaban J connectivity index is 1.96. The number of hydrogen-bond acceptors (Lipinski definition) is 2. The summed E-state index contributed by atoms with van der Waals surface area (Å²) in [5, 5.41) is 3.48. The molecule has 1 heterocycles. The van der Waals surface area contributed by atoms with E-state index in [-0.39, 0.29) is 6.04 Å². The van der Waals surface area contributed by atoms with Crippen LogP contribution in [0.1, 0.15) is 44.7 Å². The van der Waals surface area contributed by atoms with Crippen LogP contribution in [-0.2, 0) is 4.74 Å². The summed E-state index contributed by atoms with van der Waals surface area (Å²) in [5.74, 6) is -1.59. The van der Waals surface area contributed by atoms with E-state index in [1.165, 1.54) is 12.1 Å². The molecule has 0 saturated carbocycles. The van der Waals surface area contributed by atoms with Crippen molar-refractivity contribution in [2.24, 2.45) is 0 Å². The average molecular weight is 269 g/mol. The highest BCUT2D eigenvalue weighted by molar-refractivity contribution is 5.20. The van der Waals surface area contributed by atoms with Crippen LogP contribution in [0, 0.1) is 11.6 Å². The summed E-state index contributed by atoms with van der Waals surface area (Å²) in [6.45, 7) is 4.86. The molecule has 1 N–H and O–H groups in total. The Morgan fingerprint density at radius 2 is 2.16 bits per heavy atom. The molecule has 3 atom stereocenters. The molecule has 0 aromatic heterocycles. The van der Waals surface area contributed by atoms with Gasteiger partial charge in [-0.25, -0.2) is 8.78 Å². The van der Waals surface area contributed by atoms with Crippen LogP contribution in [0.15, 0.2) is 18.2 Å². The minimum absolute atomic E-state index is 0.00991. The summed E-state index contributed by atoms with van der Waals surface area (Å²) in [6.07, 6.45) is 3.26. The van der Waals surface area contributed by atoms with E-state index in [9.17, 15) is 8.78 Å². The maximum atomic E-state index is 13.2. The molecule has 4 heteroatoms. The second-order valence-corrected chi connectivity index (χ2v) is 5.18. The molecule has 0 aliphatic carbocycles. The highest BCUT2D eigenvalue weighted by atomic mass is 19.2. The molecule has 3 unspecified atom stereocenters. The lowest BCUT2D eigenvalue weighted by molar-refractivity contribution is -0.00166. The second kappa shape index (κ2) is 6.44. The van der Waals surface area contributed by atoms with E-state index in [0.29, 0.717) is 12.1 Å². The lowest BCUT2D eigenvalue weighted by atomic mass is 9.99. The van der Waals surface area contributed by atoms with Crippen molar-refractivity contribution in [1.82, 2.24) is 5.32 Å². The third kappa shape index (κ3) is 3.74. The number of rotatable bonds is 4. The first-order chi connectivity index (χ1) is 9.10. The van der Waals surface area contributed by atoms with E-state index < -0.39 is 11.6 Å². The van der Waals surface area contributed by atoms with Gasteiger partial charge in [-0.1, -0.05) is 13.0 Å². The predicted octanol–water partition coefficient (Wildman–Crippen LogP) is 3.57. The van der Waals surface area contributed by atoms with Crippen LogP contribution in [0.4, 0.5) is 8.78 Å². The maximum Gasteiger partial charge on any atom is 0.159 e. The lowest BCUT2D eigenvalue weighted by Crippen LogP contribution is -2.40. The first-order valence-electron chi connectivity index (χ1n) is 6.92. The normalized spacial score (nSPS) is 25.3. The summed E-state index contributed by atoms with van der Waals surface area (Å²) in [4.78, 5) is 0. The van der Waals surface area contributed by atoms with Crippen LogP contribution in [0.2, 0.25) is 0 Å². The Labute approximate surface area is 113 Å². The molecule has 1 saturated heterocycles. The molecule has 2 nitrogen and oxygen atoms in total. The molecule has 2 rings (SSSR count). The monoisotopic (exact) mass is 269 g/mol. The number of hydrogen-bond donors (Lipinski definition) is 1. The molecule has 19 heavy (non-hydrogen) atoms. The van der Waals surface area contributed by atoms with Crippen molar-refractivity contribution in [2.45, 2.75) is 51.3 Å². The Hall–Kier alpha value is -1.00. The molecule has 1 aliphatic heterocycles. The molecular weight excluding hydrogens is 248 g/mol. The lowest BCUT2D eigenvalue weighted by Gasteiger charge is -2.31. The molecule has 1 aromatic carbocycles. The minimum Gasteiger partial charge on any atom is -0.378 e. The molecule has 0 spiro atoms. The van der Waals surface area contributed by atoms with E-state index in [1.54, 1.807) is 6.07 Å². The summed E-state index contributed by atoms with van der Waals surface area (Å²) in [7, 11) is 0. The SMILES string of the molecule is CCC1CC(NC(C)c2ccc(F)c(F)c2)CCO1. The van der Waals surface area contributed by atoms with Gasteiger partial charge in [-0.2, -0.15) is 0 Å². The Bertz CT molecular complexity index is 425. The Morgan fingerprint density at radius 3 is 2.84 bits per heavy atom. The quantitative estimate of drug-likeness (QED) is 0.902. The summed E-state index contributed by atoms with van der Waals surface area (Å²) >= 11 is 0. The van der Waals surface area contributed by atoms with E-state index >= 15 is 0 Å². The van der Waals surface area contributed by atoms with Crippen LogP contribution in [0.3, 0.4) is 0 Å². The van der Waals surface area contributed by atoms with Crippen LogP contribution in [0.5, 0.6) is 0 Å². The van der Waals surface area contributed by atoms with Crippen LogP contribution < -0.4 is 5.32 Å². The fourth-order valence-corrected chi connectivity index (χ4v) is 2.55. The molecular formula is C15H21F2NO. The highest BCUT2D eigenvalue weighted by Gasteiger charge is 2.22. The summed E-state index contributed by atoms with van der Waals surface area (Å²) in [6, 6.07) is 4.47. The van der Waals surface area contributed by atoms with Crippen molar-refractivity contribution >= 4 is 0 Å². The first kappa shape index (κ1) is 14.4. The highest BCUT2D eigenvalue weighted by Crippen LogP contribution is 2.21. The van der Waals surface area contributed by atoms with Gasteiger partial charge in [0.15, 0.2) is 11.6 Å². The van der Waals surface area contributed by atoms with E-state index in [2.05, 4.69) is 12.2 Å². The zero-order valence-electron chi connectivity index (χ0n) is 11.5. The molecule has 1 aromatic rings. The smallest absolute Gasteiger partial charge is 0.159 e. The third-order valence-corrected chi connectivity index (χ3v) is 3.75. The average Bonchev–Trinajstić information content (AvgIpc) is 2.42. The van der Waals surface area contributed by atoms with E-state index in [4.69, 9.17) is 4.74 Å². The minimum atomic E-state index is -0.798. The number of nitrogens with one attached hydrogen (secondary N) is 1. The van der Waals surface area contributed by atoms with Crippen molar-refractivity contribution in [3.05, 3.63) is 35.4 Å². The fourth-order valence-electron chi connectivity index (χ4n) is 2.55. The van der Waals surface area contributed by atoms with Gasteiger partial charge in [0, 0.05) is 18.7 Å². The summed E-state index contributed by atoms with van der Waals surface area (Å²) in [5.41, 5.74) is 0.776. The topological polar surface area (TPSA) is 21.3 Å². The number of benzene rings is 1. The molecule has 0 amide bonds. The number of ether oxygens (including phenoxy) is 1. The van der Waals surface area contributed by atoms with Crippen LogP contribution in [-0.4, -0.2) is 18.8 Å². The van der Waals surface area contributed by atoms with E-state index in [0.717, 1.165) is 31.4 Å². The summed E-state index contributed by atoms with van der Waals surface area (Å²) < 4.78 is 31.7. The standard InChI is InChI=1S/C15H21F2NO/c1-3-13-9-12(6-7-19-13)18-10(2)11-4-5-14(16)15(17)8-11/h4-5,8,10,12-13,18H,3,6-7,9H2,1-2H3. The zero-order chi connectivity index (χ0) is 13.8.